The molecule has 3 heterocycles. The fourth-order valence-electron chi connectivity index (χ4n) is 3.06. The van der Waals surface area contributed by atoms with Crippen LogP contribution >= 0.6 is 11.8 Å². The Morgan fingerprint density at radius 3 is 2.50 bits per heavy atom. The summed E-state index contributed by atoms with van der Waals surface area (Å²) in [4.78, 5) is 14.2. The van der Waals surface area contributed by atoms with Gasteiger partial charge in [-0.3, -0.25) is 9.36 Å². The minimum absolute atomic E-state index is 0.146. The minimum Gasteiger partial charge on any atom is -0.494 e. The highest BCUT2D eigenvalue weighted by Gasteiger charge is 2.24. The van der Waals surface area contributed by atoms with Gasteiger partial charge in [-0.1, -0.05) is 17.8 Å². The number of nitrogens with zero attached hydrogens (tertiary/aromatic N) is 3. The SMILES string of the molecule is COc1cccc(OC)c1-n1c(SCc2cc[nH]c(=O)c2)nnc1-c1ccc(C)o1. The Bertz CT molecular complexity index is 1210. The summed E-state index contributed by atoms with van der Waals surface area (Å²) in [5.74, 6) is 3.63. The third-order valence-electron chi connectivity index (χ3n) is 4.43. The van der Waals surface area contributed by atoms with Gasteiger partial charge in [0.2, 0.25) is 11.4 Å². The van der Waals surface area contributed by atoms with E-state index in [2.05, 4.69) is 15.2 Å². The molecular weight excluding hydrogens is 404 g/mol. The molecule has 4 aromatic rings. The molecule has 0 saturated heterocycles. The van der Waals surface area contributed by atoms with E-state index in [-0.39, 0.29) is 5.56 Å². The summed E-state index contributed by atoms with van der Waals surface area (Å²) < 4.78 is 18.9. The van der Waals surface area contributed by atoms with Gasteiger partial charge in [-0.05, 0) is 42.8 Å². The molecule has 0 atom stereocenters. The van der Waals surface area contributed by atoms with E-state index in [0.29, 0.717) is 39.7 Å². The lowest BCUT2D eigenvalue weighted by atomic mass is 10.2. The summed E-state index contributed by atoms with van der Waals surface area (Å²) in [7, 11) is 3.20. The maximum absolute atomic E-state index is 11.6. The van der Waals surface area contributed by atoms with Crippen LogP contribution in [0.3, 0.4) is 0 Å². The molecule has 154 valence electrons. The molecule has 4 rings (SSSR count). The van der Waals surface area contributed by atoms with Gasteiger partial charge in [-0.25, -0.2) is 0 Å². The lowest BCUT2D eigenvalue weighted by molar-refractivity contribution is 0.390. The van der Waals surface area contributed by atoms with Crippen LogP contribution in [0.4, 0.5) is 0 Å². The highest BCUT2D eigenvalue weighted by atomic mass is 32.2. The van der Waals surface area contributed by atoms with E-state index in [9.17, 15) is 4.79 Å². The Morgan fingerprint density at radius 1 is 1.10 bits per heavy atom. The smallest absolute Gasteiger partial charge is 0.248 e. The van der Waals surface area contributed by atoms with Crippen LogP contribution in [0.2, 0.25) is 0 Å². The van der Waals surface area contributed by atoms with Crippen LogP contribution in [-0.2, 0) is 5.75 Å². The number of aromatic amines is 1. The third-order valence-corrected chi connectivity index (χ3v) is 5.43. The van der Waals surface area contributed by atoms with Crippen LogP contribution in [0.15, 0.2) is 63.0 Å². The Morgan fingerprint density at radius 2 is 1.87 bits per heavy atom. The summed E-state index contributed by atoms with van der Waals surface area (Å²) in [6.45, 7) is 1.87. The summed E-state index contributed by atoms with van der Waals surface area (Å²) >= 11 is 1.45. The predicted octanol–water partition coefficient (Wildman–Crippen LogP) is 3.83. The van der Waals surface area contributed by atoms with Gasteiger partial charge in [-0.15, -0.1) is 10.2 Å². The second-order valence-corrected chi connectivity index (χ2v) is 7.36. The van der Waals surface area contributed by atoms with Gasteiger partial charge >= 0.3 is 0 Å². The number of methoxy groups -OCH3 is 2. The highest BCUT2D eigenvalue weighted by Crippen LogP contribution is 2.39. The van der Waals surface area contributed by atoms with Crippen molar-refractivity contribution in [2.45, 2.75) is 17.8 Å². The van der Waals surface area contributed by atoms with Crippen molar-refractivity contribution in [3.8, 4) is 28.8 Å². The first kappa shape index (κ1) is 19.8. The molecule has 0 unspecified atom stereocenters. The summed E-state index contributed by atoms with van der Waals surface area (Å²) in [5.41, 5.74) is 1.40. The quantitative estimate of drug-likeness (QED) is 0.451. The molecule has 0 spiro atoms. The number of para-hydroxylation sites is 1. The van der Waals surface area contributed by atoms with E-state index >= 15 is 0 Å². The number of ether oxygens (including phenoxy) is 2. The molecule has 0 bridgehead atoms. The zero-order chi connectivity index (χ0) is 21.1. The zero-order valence-corrected chi connectivity index (χ0v) is 17.5. The van der Waals surface area contributed by atoms with E-state index in [1.54, 1.807) is 26.5 Å². The molecule has 0 aliphatic rings. The lowest BCUT2D eigenvalue weighted by Gasteiger charge is -2.16. The second-order valence-electron chi connectivity index (χ2n) is 6.41. The van der Waals surface area contributed by atoms with Crippen LogP contribution in [-0.4, -0.2) is 34.0 Å². The molecule has 1 aromatic carbocycles. The van der Waals surface area contributed by atoms with E-state index in [4.69, 9.17) is 13.9 Å². The van der Waals surface area contributed by atoms with Gasteiger partial charge in [0.15, 0.2) is 10.9 Å². The average molecular weight is 424 g/mol. The normalized spacial score (nSPS) is 10.9. The zero-order valence-electron chi connectivity index (χ0n) is 16.7. The number of H-pyrrole nitrogens is 1. The maximum Gasteiger partial charge on any atom is 0.248 e. The molecule has 3 aromatic heterocycles. The molecule has 1 N–H and O–H groups in total. The van der Waals surface area contributed by atoms with Crippen molar-refractivity contribution in [1.29, 1.82) is 0 Å². The van der Waals surface area contributed by atoms with Crippen LogP contribution in [0.25, 0.3) is 17.3 Å². The number of benzene rings is 1. The van der Waals surface area contributed by atoms with Crippen LogP contribution in [0.5, 0.6) is 11.5 Å². The number of aromatic nitrogens is 4. The molecule has 8 nitrogen and oxygen atoms in total. The lowest BCUT2D eigenvalue weighted by Crippen LogP contribution is -2.05. The number of nitrogens with one attached hydrogen (secondary N) is 1. The molecular formula is C21H20N4O4S. The number of hydrogen-bond acceptors (Lipinski definition) is 7. The number of aryl methyl sites for hydroxylation is 1. The van der Waals surface area contributed by atoms with Crippen molar-refractivity contribution in [1.82, 2.24) is 19.7 Å². The molecule has 0 fully saturated rings. The van der Waals surface area contributed by atoms with Crippen molar-refractivity contribution in [3.63, 3.8) is 0 Å². The number of thioether (sulfide) groups is 1. The molecule has 0 amide bonds. The standard InChI is InChI=1S/C21H20N4O4S/c1-13-7-8-17(29-13)20-23-24-21(30-12-14-9-10-22-18(26)11-14)25(20)19-15(27-2)5-4-6-16(19)28-3/h4-11H,12H2,1-3H3,(H,22,26). The summed E-state index contributed by atoms with van der Waals surface area (Å²) in [6.07, 6.45) is 1.63. The van der Waals surface area contributed by atoms with Gasteiger partial charge in [0, 0.05) is 18.0 Å². The Labute approximate surface area is 176 Å². The van der Waals surface area contributed by atoms with Crippen molar-refractivity contribution in [2.24, 2.45) is 0 Å². The van der Waals surface area contributed by atoms with Gasteiger partial charge in [0.1, 0.15) is 22.9 Å². The largest absolute Gasteiger partial charge is 0.494 e. The van der Waals surface area contributed by atoms with Gasteiger partial charge < -0.3 is 18.9 Å². The van der Waals surface area contributed by atoms with Crippen LogP contribution in [0.1, 0.15) is 11.3 Å². The molecule has 9 heteroatoms. The number of rotatable bonds is 7. The molecule has 30 heavy (non-hydrogen) atoms. The topological polar surface area (TPSA) is 95.2 Å². The number of hydrogen-bond donors (Lipinski definition) is 1. The second kappa shape index (κ2) is 8.50. The Balaban J connectivity index is 1.84. The highest BCUT2D eigenvalue weighted by molar-refractivity contribution is 7.98. The first-order chi connectivity index (χ1) is 14.6. The third kappa shape index (κ3) is 3.84. The van der Waals surface area contributed by atoms with Gasteiger partial charge in [-0.2, -0.15) is 0 Å². The minimum atomic E-state index is -0.146. The fraction of sp³-hybridized carbons (Fsp3) is 0.190. The molecule has 0 radical (unpaired) electrons. The molecule has 0 aliphatic carbocycles. The van der Waals surface area contributed by atoms with Crippen LogP contribution in [0, 0.1) is 6.92 Å². The predicted molar refractivity (Wildman–Crippen MR) is 114 cm³/mol. The Kier molecular flexibility index (Phi) is 5.62. The van der Waals surface area contributed by atoms with E-state index in [1.807, 2.05) is 47.9 Å². The van der Waals surface area contributed by atoms with Gasteiger partial charge in [0.05, 0.1) is 14.2 Å². The number of furan rings is 1. The average Bonchev–Trinajstić information content (AvgIpc) is 3.37. The van der Waals surface area contributed by atoms with Crippen molar-refractivity contribution < 1.29 is 13.9 Å². The molecule has 0 aliphatic heterocycles. The first-order valence-electron chi connectivity index (χ1n) is 9.14. The first-order valence-corrected chi connectivity index (χ1v) is 10.1. The van der Waals surface area contributed by atoms with Crippen molar-refractivity contribution in [2.75, 3.05) is 14.2 Å². The Hall–Kier alpha value is -3.46. The number of pyridine rings is 1. The van der Waals surface area contributed by atoms with Gasteiger partial charge in [0.25, 0.3) is 0 Å². The van der Waals surface area contributed by atoms with Crippen molar-refractivity contribution in [3.05, 3.63) is 70.3 Å². The van der Waals surface area contributed by atoms with Crippen LogP contribution < -0.4 is 15.0 Å². The monoisotopic (exact) mass is 424 g/mol. The molecule has 0 saturated carbocycles. The summed E-state index contributed by atoms with van der Waals surface area (Å²) in [6, 6.07) is 12.7. The maximum atomic E-state index is 11.6. The van der Waals surface area contributed by atoms with E-state index in [1.165, 1.54) is 11.8 Å². The van der Waals surface area contributed by atoms with Crippen molar-refractivity contribution >= 4 is 11.8 Å². The van der Waals surface area contributed by atoms with E-state index in [0.717, 1.165) is 11.3 Å². The fourth-order valence-corrected chi connectivity index (χ4v) is 3.94. The summed E-state index contributed by atoms with van der Waals surface area (Å²) in [5, 5.41) is 9.37. The van der Waals surface area contributed by atoms with E-state index < -0.39 is 0 Å².